The number of rotatable bonds is 4. The molecular weight excluding hydrogens is 416 g/mol. The average Bonchev–Trinajstić information content (AvgIpc) is 3.24. The van der Waals surface area contributed by atoms with Gasteiger partial charge in [0.1, 0.15) is 23.4 Å². The van der Waals surface area contributed by atoms with E-state index in [1.54, 1.807) is 0 Å². The maximum absolute atomic E-state index is 12.1. The molecule has 5 rings (SSSR count). The van der Waals surface area contributed by atoms with Crippen molar-refractivity contribution >= 4 is 12.6 Å². The van der Waals surface area contributed by atoms with Gasteiger partial charge in [-0.2, -0.15) is 0 Å². The second-order valence-electron chi connectivity index (χ2n) is 12.2. The lowest BCUT2D eigenvalue weighted by Gasteiger charge is -2.42. The summed E-state index contributed by atoms with van der Waals surface area (Å²) in [4.78, 5) is 23.9. The molecular formula is C28H36O5. The van der Waals surface area contributed by atoms with Gasteiger partial charge in [0.2, 0.25) is 0 Å². The monoisotopic (exact) mass is 452 g/mol. The first kappa shape index (κ1) is 22.5. The van der Waals surface area contributed by atoms with Crippen LogP contribution in [0.2, 0.25) is 0 Å². The van der Waals surface area contributed by atoms with Gasteiger partial charge in [-0.1, -0.05) is 40.2 Å². The summed E-state index contributed by atoms with van der Waals surface area (Å²) in [5.41, 5.74) is 3.16. The highest BCUT2D eigenvalue weighted by Gasteiger charge is 2.70. The van der Waals surface area contributed by atoms with Crippen molar-refractivity contribution in [3.05, 3.63) is 27.8 Å². The smallest absolute Gasteiger partial charge is 0.157 e. The fraction of sp³-hybridized carbons (Fsp3) is 0.643. The molecule has 0 spiro atoms. The molecule has 33 heavy (non-hydrogen) atoms. The van der Waals surface area contributed by atoms with Crippen molar-refractivity contribution in [3.63, 3.8) is 0 Å². The molecule has 2 N–H and O–H groups in total. The van der Waals surface area contributed by atoms with Crippen LogP contribution in [0.15, 0.2) is 11.1 Å². The quantitative estimate of drug-likeness (QED) is 0.431. The lowest BCUT2D eigenvalue weighted by molar-refractivity contribution is 0.111. The number of phenols is 2. The van der Waals surface area contributed by atoms with E-state index in [-0.39, 0.29) is 45.5 Å². The minimum Gasteiger partial charge on any atom is -0.507 e. The second-order valence-corrected chi connectivity index (χ2v) is 12.2. The summed E-state index contributed by atoms with van der Waals surface area (Å²) < 4.78 is 6.61. The third-order valence-electron chi connectivity index (χ3n) is 9.70. The van der Waals surface area contributed by atoms with Crippen LogP contribution in [0, 0.1) is 34.5 Å². The number of fused-ring (bicyclic) bond motifs is 8. The predicted molar refractivity (Wildman–Crippen MR) is 126 cm³/mol. The molecule has 6 unspecified atom stereocenters. The number of hydrogen-bond donors (Lipinski definition) is 2. The fourth-order valence-corrected chi connectivity index (χ4v) is 8.08. The van der Waals surface area contributed by atoms with Gasteiger partial charge < -0.3 is 14.9 Å². The van der Waals surface area contributed by atoms with E-state index in [9.17, 15) is 19.8 Å². The largest absolute Gasteiger partial charge is 0.507 e. The number of carbonyl (C=O) groups is 2. The van der Waals surface area contributed by atoms with Crippen LogP contribution in [-0.4, -0.2) is 28.9 Å². The summed E-state index contributed by atoms with van der Waals surface area (Å²) in [5.74, 6) is 1.37. The van der Waals surface area contributed by atoms with Crippen LogP contribution >= 0.6 is 0 Å². The highest BCUT2D eigenvalue weighted by Crippen LogP contribution is 2.75. The van der Waals surface area contributed by atoms with E-state index in [1.165, 1.54) is 17.6 Å². The summed E-state index contributed by atoms with van der Waals surface area (Å²) in [7, 11) is 0. The van der Waals surface area contributed by atoms with Gasteiger partial charge in [0.25, 0.3) is 0 Å². The molecule has 3 aliphatic carbocycles. The molecule has 2 saturated carbocycles. The van der Waals surface area contributed by atoms with E-state index in [0.717, 1.165) is 19.3 Å². The predicted octanol–water partition coefficient (Wildman–Crippen LogP) is 6.02. The molecule has 6 atom stereocenters. The third-order valence-corrected chi connectivity index (χ3v) is 9.70. The molecule has 2 bridgehead atoms. The average molecular weight is 453 g/mol. The van der Waals surface area contributed by atoms with Crippen LogP contribution < -0.4 is 4.74 Å². The van der Waals surface area contributed by atoms with Crippen molar-refractivity contribution in [1.29, 1.82) is 0 Å². The first-order valence-electron chi connectivity index (χ1n) is 12.4. The zero-order valence-electron chi connectivity index (χ0n) is 20.6. The molecule has 4 aliphatic rings. The topological polar surface area (TPSA) is 83.8 Å². The fourth-order valence-electron chi connectivity index (χ4n) is 8.08. The maximum atomic E-state index is 12.1. The number of benzene rings is 1. The molecule has 0 aromatic heterocycles. The minimum absolute atomic E-state index is 0.0251. The van der Waals surface area contributed by atoms with Crippen LogP contribution in [0.25, 0.3) is 0 Å². The normalized spacial score (nSPS) is 35.7. The van der Waals surface area contributed by atoms with Gasteiger partial charge in [-0.3, -0.25) is 9.59 Å². The summed E-state index contributed by atoms with van der Waals surface area (Å²) >= 11 is 0. The Morgan fingerprint density at radius 1 is 1.09 bits per heavy atom. The van der Waals surface area contributed by atoms with Gasteiger partial charge >= 0.3 is 0 Å². The Morgan fingerprint density at radius 3 is 2.36 bits per heavy atom. The van der Waals surface area contributed by atoms with Crippen LogP contribution in [0.1, 0.15) is 99.4 Å². The van der Waals surface area contributed by atoms with Crippen molar-refractivity contribution in [1.82, 2.24) is 0 Å². The molecule has 1 aromatic carbocycles. The molecule has 0 radical (unpaired) electrons. The number of carbonyl (C=O) groups excluding carboxylic acids is 2. The number of aromatic hydroxyl groups is 2. The Bertz CT molecular complexity index is 1080. The van der Waals surface area contributed by atoms with E-state index in [1.807, 2.05) is 0 Å². The first-order chi connectivity index (χ1) is 15.5. The number of allylic oxidation sites excluding steroid dienone is 1. The van der Waals surface area contributed by atoms with E-state index in [2.05, 4.69) is 41.5 Å². The first-order valence-corrected chi connectivity index (χ1v) is 12.4. The highest BCUT2D eigenvalue weighted by molar-refractivity contribution is 5.95. The molecule has 1 heterocycles. The molecule has 1 aliphatic heterocycles. The van der Waals surface area contributed by atoms with Crippen LogP contribution in [0.3, 0.4) is 0 Å². The standard InChI is InChI=1S/C28H36O5/c1-13(2)9-18-21-25(32)15(11-29)24(31)16(12-30)26(21)33-19-10-28(18,6)23-20(19)14(3)7-8-17-22(23)27(17,4)5/h11-13,17-19,22-23,31-32H,7-10H2,1-6H3. The number of hydrogen-bond acceptors (Lipinski definition) is 5. The Labute approximate surface area is 196 Å². The molecule has 1 aromatic rings. The summed E-state index contributed by atoms with van der Waals surface area (Å²) in [6, 6.07) is 0. The second kappa shape index (κ2) is 7.10. The van der Waals surface area contributed by atoms with Gasteiger partial charge in [0.15, 0.2) is 12.6 Å². The Morgan fingerprint density at radius 2 is 1.76 bits per heavy atom. The van der Waals surface area contributed by atoms with Crippen LogP contribution in [0.5, 0.6) is 17.2 Å². The zero-order valence-corrected chi connectivity index (χ0v) is 20.6. The van der Waals surface area contributed by atoms with Crippen LogP contribution in [0.4, 0.5) is 0 Å². The van der Waals surface area contributed by atoms with Crippen molar-refractivity contribution in [3.8, 4) is 17.2 Å². The Kier molecular flexibility index (Phi) is 4.84. The molecule has 2 fully saturated rings. The lowest BCUT2D eigenvalue weighted by Crippen LogP contribution is -2.34. The molecule has 0 saturated heterocycles. The molecule has 0 amide bonds. The van der Waals surface area contributed by atoms with Crippen molar-refractivity contribution in [2.75, 3.05) is 0 Å². The van der Waals surface area contributed by atoms with Gasteiger partial charge in [-0.05, 0) is 78.6 Å². The zero-order chi connectivity index (χ0) is 24.0. The van der Waals surface area contributed by atoms with Crippen LogP contribution in [-0.2, 0) is 0 Å². The molecule has 5 nitrogen and oxygen atoms in total. The van der Waals surface area contributed by atoms with E-state index in [4.69, 9.17) is 4.74 Å². The summed E-state index contributed by atoms with van der Waals surface area (Å²) in [6.45, 7) is 13.7. The van der Waals surface area contributed by atoms with E-state index >= 15 is 0 Å². The highest BCUT2D eigenvalue weighted by atomic mass is 16.5. The van der Waals surface area contributed by atoms with Crippen molar-refractivity contribution in [2.45, 2.75) is 79.2 Å². The van der Waals surface area contributed by atoms with E-state index in [0.29, 0.717) is 41.8 Å². The van der Waals surface area contributed by atoms with Crippen molar-refractivity contribution < 1.29 is 24.5 Å². The number of phenolic OH excluding ortho intramolecular Hbond substituents is 2. The SMILES string of the molecule is CC1=C2C3CC(C)(C(CC(C)C)c4c(O)c(C=O)c(O)c(C=O)c4O3)C2C2C(CC1)C2(C)C. The van der Waals surface area contributed by atoms with Gasteiger partial charge in [0, 0.05) is 5.56 Å². The van der Waals surface area contributed by atoms with Gasteiger partial charge in [-0.15, -0.1) is 0 Å². The minimum atomic E-state index is -0.492. The van der Waals surface area contributed by atoms with Gasteiger partial charge in [-0.25, -0.2) is 0 Å². The van der Waals surface area contributed by atoms with Crippen molar-refractivity contribution in [2.24, 2.45) is 34.5 Å². The lowest BCUT2D eigenvalue weighted by atomic mass is 9.61. The maximum Gasteiger partial charge on any atom is 0.157 e. The Balaban J connectivity index is 1.82. The third kappa shape index (κ3) is 2.83. The summed E-state index contributed by atoms with van der Waals surface area (Å²) in [6.07, 6.45) is 4.67. The van der Waals surface area contributed by atoms with E-state index < -0.39 is 5.75 Å². The molecule has 5 heteroatoms. The number of aldehydes is 2. The van der Waals surface area contributed by atoms with Gasteiger partial charge in [0.05, 0.1) is 11.1 Å². The molecule has 178 valence electrons. The number of ether oxygens (including phenoxy) is 1. The summed E-state index contributed by atoms with van der Waals surface area (Å²) in [5, 5.41) is 21.9. The Hall–Kier alpha value is -2.30.